The first-order valence-corrected chi connectivity index (χ1v) is 18.7. The van der Waals surface area contributed by atoms with Crippen molar-refractivity contribution in [2.75, 3.05) is 0 Å². The van der Waals surface area contributed by atoms with E-state index >= 15 is 0 Å². The van der Waals surface area contributed by atoms with Gasteiger partial charge in [0.25, 0.3) is 0 Å². The minimum absolute atomic E-state index is 0.646. The minimum atomic E-state index is 0.646. The summed E-state index contributed by atoms with van der Waals surface area (Å²) >= 11 is 0. The summed E-state index contributed by atoms with van der Waals surface area (Å²) in [7, 11) is 0. The fourth-order valence-electron chi connectivity index (χ4n) is 7.89. The topological polar surface area (TPSA) is 38.7 Å². The Morgan fingerprint density at radius 1 is 0.236 bits per heavy atom. The fraction of sp³-hybridized carbons (Fsp3) is 0.0192. The molecule has 9 aromatic rings. The van der Waals surface area contributed by atoms with Crippen LogP contribution in [0, 0.1) is 0 Å². The molecule has 8 aromatic carbocycles. The molecule has 1 aliphatic carbocycles. The molecule has 10 rings (SSSR count). The smallest absolute Gasteiger partial charge is 0.164 e. The lowest BCUT2D eigenvalue weighted by atomic mass is 9.94. The molecule has 0 unspecified atom stereocenters. The van der Waals surface area contributed by atoms with Crippen LogP contribution in [0.15, 0.2) is 200 Å². The molecule has 55 heavy (non-hydrogen) atoms. The van der Waals surface area contributed by atoms with Gasteiger partial charge in [0.1, 0.15) is 0 Å². The highest BCUT2D eigenvalue weighted by molar-refractivity contribution is 5.90. The van der Waals surface area contributed by atoms with E-state index in [-0.39, 0.29) is 0 Å². The SMILES string of the molecule is c1ccc(-c2ccc(-c3cccc4c3Cc3c(-c5cccc(-c6nc(-c7ccccc7)nc(-c7cccc(-c8ccccc8)c7)n6)c5)cccc3-4)cc2)cc1. The standard InChI is InChI=1S/C52H35N3/c1-4-14-35(15-5-1)37-28-30-38(31-29-37)44-24-12-26-46-47-27-13-25-45(49(47)34-48(44)46)41-21-11-23-43(33-41)52-54-50(39-18-8-3-9-19-39)53-51(55-52)42-22-10-20-40(32-42)36-16-6-2-7-17-36/h1-33H,34H2. The zero-order valence-corrected chi connectivity index (χ0v) is 30.1. The third kappa shape index (κ3) is 6.22. The van der Waals surface area contributed by atoms with Crippen LogP contribution in [0.4, 0.5) is 0 Å². The van der Waals surface area contributed by atoms with Gasteiger partial charge in [-0.3, -0.25) is 0 Å². The van der Waals surface area contributed by atoms with Crippen LogP contribution in [-0.4, -0.2) is 15.0 Å². The molecule has 0 radical (unpaired) electrons. The normalized spacial score (nSPS) is 11.6. The first kappa shape index (κ1) is 32.4. The summed E-state index contributed by atoms with van der Waals surface area (Å²) in [6, 6.07) is 70.7. The molecular weight excluding hydrogens is 667 g/mol. The molecule has 0 saturated carbocycles. The van der Waals surface area contributed by atoms with Crippen LogP contribution in [0.3, 0.4) is 0 Å². The van der Waals surface area contributed by atoms with Crippen molar-refractivity contribution in [3.63, 3.8) is 0 Å². The van der Waals surface area contributed by atoms with E-state index in [1.54, 1.807) is 0 Å². The lowest BCUT2D eigenvalue weighted by molar-refractivity contribution is 1.07. The van der Waals surface area contributed by atoms with Crippen molar-refractivity contribution in [2.45, 2.75) is 6.42 Å². The zero-order chi connectivity index (χ0) is 36.6. The second-order valence-corrected chi connectivity index (χ2v) is 14.0. The van der Waals surface area contributed by atoms with Crippen LogP contribution in [0.1, 0.15) is 11.1 Å². The van der Waals surface area contributed by atoms with E-state index < -0.39 is 0 Å². The van der Waals surface area contributed by atoms with E-state index in [2.05, 4.69) is 176 Å². The number of hydrogen-bond donors (Lipinski definition) is 0. The Kier molecular flexibility index (Phi) is 8.23. The molecule has 0 spiro atoms. The maximum atomic E-state index is 5.12. The van der Waals surface area contributed by atoms with Gasteiger partial charge >= 0.3 is 0 Å². The van der Waals surface area contributed by atoms with E-state index in [1.807, 2.05) is 24.3 Å². The number of aromatic nitrogens is 3. The van der Waals surface area contributed by atoms with Crippen molar-refractivity contribution < 1.29 is 0 Å². The highest BCUT2D eigenvalue weighted by atomic mass is 15.0. The third-order valence-electron chi connectivity index (χ3n) is 10.6. The van der Waals surface area contributed by atoms with Gasteiger partial charge < -0.3 is 0 Å². The summed E-state index contributed by atoms with van der Waals surface area (Å²) in [6.07, 6.45) is 0.869. The van der Waals surface area contributed by atoms with Gasteiger partial charge in [0.15, 0.2) is 17.5 Å². The van der Waals surface area contributed by atoms with Crippen molar-refractivity contribution in [1.82, 2.24) is 15.0 Å². The predicted molar refractivity (Wildman–Crippen MR) is 226 cm³/mol. The Morgan fingerprint density at radius 3 is 1.15 bits per heavy atom. The molecule has 0 bridgehead atoms. The number of nitrogens with zero attached hydrogens (tertiary/aromatic N) is 3. The molecule has 1 aromatic heterocycles. The molecule has 0 aliphatic heterocycles. The summed E-state index contributed by atoms with van der Waals surface area (Å²) in [6.45, 7) is 0. The molecule has 258 valence electrons. The van der Waals surface area contributed by atoms with Gasteiger partial charge in [0.05, 0.1) is 0 Å². The first-order valence-electron chi connectivity index (χ1n) is 18.7. The van der Waals surface area contributed by atoms with E-state index in [4.69, 9.17) is 15.0 Å². The zero-order valence-electron chi connectivity index (χ0n) is 30.1. The quantitative estimate of drug-likeness (QED) is 0.166. The van der Waals surface area contributed by atoms with Crippen LogP contribution in [0.5, 0.6) is 0 Å². The van der Waals surface area contributed by atoms with Gasteiger partial charge in [0.2, 0.25) is 0 Å². The molecule has 0 atom stereocenters. The molecule has 0 amide bonds. The van der Waals surface area contributed by atoms with Crippen LogP contribution < -0.4 is 0 Å². The number of hydrogen-bond acceptors (Lipinski definition) is 3. The average Bonchev–Trinajstić information content (AvgIpc) is 3.67. The van der Waals surface area contributed by atoms with Gasteiger partial charge in [-0.1, -0.05) is 188 Å². The van der Waals surface area contributed by atoms with Crippen LogP contribution >= 0.6 is 0 Å². The van der Waals surface area contributed by atoms with Crippen LogP contribution in [-0.2, 0) is 6.42 Å². The lowest BCUT2D eigenvalue weighted by Crippen LogP contribution is -2.00. The van der Waals surface area contributed by atoms with Gasteiger partial charge in [-0.15, -0.1) is 0 Å². The molecule has 1 aliphatic rings. The Morgan fingerprint density at radius 2 is 0.582 bits per heavy atom. The predicted octanol–water partition coefficient (Wildman–Crippen LogP) is 13.1. The number of rotatable bonds is 7. The third-order valence-corrected chi connectivity index (χ3v) is 10.6. The van der Waals surface area contributed by atoms with E-state index in [9.17, 15) is 0 Å². The first-order chi connectivity index (χ1) is 27.2. The number of benzene rings is 8. The van der Waals surface area contributed by atoms with E-state index in [0.29, 0.717) is 17.5 Å². The van der Waals surface area contributed by atoms with Gasteiger partial charge in [0, 0.05) is 16.7 Å². The molecule has 3 heteroatoms. The summed E-state index contributed by atoms with van der Waals surface area (Å²) in [5, 5.41) is 0. The second kappa shape index (κ2) is 14.0. The van der Waals surface area contributed by atoms with E-state index in [1.165, 1.54) is 50.1 Å². The van der Waals surface area contributed by atoms with Crippen molar-refractivity contribution in [3.05, 3.63) is 211 Å². The van der Waals surface area contributed by atoms with Crippen molar-refractivity contribution in [3.8, 4) is 89.8 Å². The van der Waals surface area contributed by atoms with E-state index in [0.717, 1.165) is 39.8 Å². The minimum Gasteiger partial charge on any atom is -0.208 e. The van der Waals surface area contributed by atoms with Crippen LogP contribution in [0.25, 0.3) is 89.8 Å². The van der Waals surface area contributed by atoms with Gasteiger partial charge in [-0.2, -0.15) is 0 Å². The average molecular weight is 702 g/mol. The molecule has 1 heterocycles. The molecule has 0 fully saturated rings. The molecule has 0 saturated heterocycles. The lowest BCUT2D eigenvalue weighted by Gasteiger charge is -2.12. The maximum Gasteiger partial charge on any atom is 0.164 e. The monoisotopic (exact) mass is 701 g/mol. The summed E-state index contributed by atoms with van der Waals surface area (Å²) in [4.78, 5) is 15.2. The Hall–Kier alpha value is -7.23. The summed E-state index contributed by atoms with van der Waals surface area (Å²) in [5.74, 6) is 1.94. The molecule has 3 nitrogen and oxygen atoms in total. The summed E-state index contributed by atoms with van der Waals surface area (Å²) in [5.41, 5.74) is 17.8. The molecule has 0 N–H and O–H groups in total. The second-order valence-electron chi connectivity index (χ2n) is 14.0. The van der Waals surface area contributed by atoms with Crippen molar-refractivity contribution >= 4 is 0 Å². The van der Waals surface area contributed by atoms with Gasteiger partial charge in [-0.05, 0) is 85.3 Å². The Bertz CT molecular complexity index is 2810. The van der Waals surface area contributed by atoms with Gasteiger partial charge in [-0.25, -0.2) is 15.0 Å². The highest BCUT2D eigenvalue weighted by Crippen LogP contribution is 2.45. The van der Waals surface area contributed by atoms with Crippen molar-refractivity contribution in [2.24, 2.45) is 0 Å². The fourth-order valence-corrected chi connectivity index (χ4v) is 7.89. The van der Waals surface area contributed by atoms with Crippen LogP contribution in [0.2, 0.25) is 0 Å². The molecular formula is C52H35N3. The number of fused-ring (bicyclic) bond motifs is 3. The Balaban J connectivity index is 1.03. The maximum absolute atomic E-state index is 5.12. The largest absolute Gasteiger partial charge is 0.208 e. The van der Waals surface area contributed by atoms with Crippen molar-refractivity contribution in [1.29, 1.82) is 0 Å². The summed E-state index contributed by atoms with van der Waals surface area (Å²) < 4.78 is 0. The Labute approximate surface area is 321 Å². The highest BCUT2D eigenvalue weighted by Gasteiger charge is 2.25.